The highest BCUT2D eigenvalue weighted by Gasteiger charge is 2.19. The summed E-state index contributed by atoms with van der Waals surface area (Å²) in [5.74, 6) is 1.70. The molecule has 158 valence electrons. The lowest BCUT2D eigenvalue weighted by molar-refractivity contribution is 0.563. The first-order chi connectivity index (χ1) is 14.3. The molecule has 4 heterocycles. The van der Waals surface area contributed by atoms with Gasteiger partial charge in [0.1, 0.15) is 10.3 Å². The number of hydrogen-bond acceptors (Lipinski definition) is 6. The van der Waals surface area contributed by atoms with Crippen LogP contribution in [0, 0.1) is 0 Å². The Morgan fingerprint density at radius 2 is 1.57 bits per heavy atom. The average Bonchev–Trinajstić information content (AvgIpc) is 3.34. The SMILES string of the molecule is CC(C)c1cnc2snc(C(C)CCC(C)c3ccc4snc(C(C)C)c4n3)c2c1. The molecule has 0 fully saturated rings. The molecule has 0 spiro atoms. The molecule has 0 N–H and O–H groups in total. The molecule has 0 amide bonds. The Kier molecular flexibility index (Phi) is 6.16. The van der Waals surface area contributed by atoms with Gasteiger partial charge in [-0.25, -0.2) is 9.97 Å². The standard InChI is InChI=1S/C24H30N4S2/c1-13(2)17-11-18-22(28-30-24(18)25-12-17)16(6)8-7-15(5)19-9-10-20-23(26-19)21(14(3)4)27-29-20/h9-16H,7-8H2,1-6H3. The van der Waals surface area contributed by atoms with Crippen molar-refractivity contribution in [3.8, 4) is 0 Å². The Morgan fingerprint density at radius 3 is 2.30 bits per heavy atom. The Hall–Kier alpha value is -1.92. The summed E-state index contributed by atoms with van der Waals surface area (Å²) in [5.41, 5.74) is 5.87. The Bertz CT molecular complexity index is 1160. The van der Waals surface area contributed by atoms with E-state index in [0.29, 0.717) is 23.7 Å². The van der Waals surface area contributed by atoms with Crippen LogP contribution < -0.4 is 0 Å². The predicted molar refractivity (Wildman–Crippen MR) is 129 cm³/mol. The quantitative estimate of drug-likeness (QED) is 0.297. The molecular formula is C24H30N4S2. The van der Waals surface area contributed by atoms with Crippen molar-refractivity contribution in [2.75, 3.05) is 0 Å². The zero-order chi connectivity index (χ0) is 21.4. The fraction of sp³-hybridized carbons (Fsp3) is 0.500. The molecule has 4 nitrogen and oxygen atoms in total. The fourth-order valence-corrected chi connectivity index (χ4v) is 5.52. The molecule has 4 aromatic heterocycles. The van der Waals surface area contributed by atoms with Gasteiger partial charge in [0.05, 0.1) is 16.1 Å². The summed E-state index contributed by atoms with van der Waals surface area (Å²) < 4.78 is 10.6. The Balaban J connectivity index is 1.50. The lowest BCUT2D eigenvalue weighted by atomic mass is 9.92. The van der Waals surface area contributed by atoms with Crippen molar-refractivity contribution in [3.63, 3.8) is 0 Å². The number of pyridine rings is 2. The monoisotopic (exact) mass is 438 g/mol. The van der Waals surface area contributed by atoms with Crippen molar-refractivity contribution in [1.29, 1.82) is 0 Å². The molecule has 0 aromatic carbocycles. The fourth-order valence-electron chi connectivity index (χ4n) is 3.84. The van der Waals surface area contributed by atoms with Gasteiger partial charge >= 0.3 is 0 Å². The molecule has 4 rings (SSSR count). The van der Waals surface area contributed by atoms with Crippen LogP contribution in [0.1, 0.15) is 101 Å². The van der Waals surface area contributed by atoms with E-state index < -0.39 is 0 Å². The molecule has 0 aliphatic heterocycles. The zero-order valence-electron chi connectivity index (χ0n) is 18.6. The van der Waals surface area contributed by atoms with Gasteiger partial charge < -0.3 is 0 Å². The molecule has 2 unspecified atom stereocenters. The summed E-state index contributed by atoms with van der Waals surface area (Å²) >= 11 is 3.08. The second-order valence-electron chi connectivity index (χ2n) is 9.03. The van der Waals surface area contributed by atoms with Gasteiger partial charge in [-0.2, -0.15) is 8.75 Å². The van der Waals surface area contributed by atoms with E-state index in [9.17, 15) is 0 Å². The highest BCUT2D eigenvalue weighted by Crippen LogP contribution is 2.34. The van der Waals surface area contributed by atoms with E-state index in [2.05, 4.69) is 69.1 Å². The molecule has 4 aromatic rings. The smallest absolute Gasteiger partial charge is 0.143 e. The maximum atomic E-state index is 5.00. The van der Waals surface area contributed by atoms with Crippen LogP contribution in [0.25, 0.3) is 20.4 Å². The summed E-state index contributed by atoms with van der Waals surface area (Å²) in [7, 11) is 0. The molecule has 0 bridgehead atoms. The first-order valence-electron chi connectivity index (χ1n) is 10.9. The van der Waals surface area contributed by atoms with E-state index in [-0.39, 0.29) is 0 Å². The molecule has 0 radical (unpaired) electrons. The normalized spacial score (nSPS) is 14.3. The summed E-state index contributed by atoms with van der Waals surface area (Å²) in [5, 5.41) is 1.23. The number of fused-ring (bicyclic) bond motifs is 2. The maximum absolute atomic E-state index is 5.00. The maximum Gasteiger partial charge on any atom is 0.143 e. The topological polar surface area (TPSA) is 51.6 Å². The third-order valence-corrected chi connectivity index (χ3v) is 7.56. The van der Waals surface area contributed by atoms with E-state index >= 15 is 0 Å². The third kappa shape index (κ3) is 4.12. The summed E-state index contributed by atoms with van der Waals surface area (Å²) in [6, 6.07) is 6.66. The molecule has 0 saturated carbocycles. The number of nitrogens with zero attached hydrogens (tertiary/aromatic N) is 4. The van der Waals surface area contributed by atoms with E-state index in [1.807, 2.05) is 6.20 Å². The molecule has 2 atom stereocenters. The molecule has 0 aliphatic carbocycles. The lowest BCUT2D eigenvalue weighted by Crippen LogP contribution is -2.02. The van der Waals surface area contributed by atoms with Crippen LogP contribution in [0.3, 0.4) is 0 Å². The number of rotatable bonds is 7. The van der Waals surface area contributed by atoms with Crippen LogP contribution >= 0.6 is 23.1 Å². The number of aromatic nitrogens is 4. The van der Waals surface area contributed by atoms with Crippen LogP contribution in [0.2, 0.25) is 0 Å². The predicted octanol–water partition coefficient (Wildman–Crippen LogP) is 7.63. The summed E-state index contributed by atoms with van der Waals surface area (Å²) in [4.78, 5) is 10.7. The van der Waals surface area contributed by atoms with Crippen molar-refractivity contribution in [3.05, 3.63) is 47.0 Å². The molecule has 0 saturated heterocycles. The van der Waals surface area contributed by atoms with E-state index in [1.165, 1.54) is 38.6 Å². The van der Waals surface area contributed by atoms with Crippen molar-refractivity contribution >= 4 is 43.5 Å². The average molecular weight is 439 g/mol. The van der Waals surface area contributed by atoms with E-state index in [0.717, 1.165) is 28.9 Å². The molecule has 6 heteroatoms. The number of hydrogen-bond donors (Lipinski definition) is 0. The molecule has 0 aliphatic rings. The first kappa shape index (κ1) is 21.3. The van der Waals surface area contributed by atoms with Crippen LogP contribution in [-0.4, -0.2) is 18.7 Å². The summed E-state index contributed by atoms with van der Waals surface area (Å²) in [6.45, 7) is 13.4. The lowest BCUT2D eigenvalue weighted by Gasteiger charge is -2.15. The van der Waals surface area contributed by atoms with E-state index in [4.69, 9.17) is 9.36 Å². The minimum absolute atomic E-state index is 0.402. The van der Waals surface area contributed by atoms with Crippen molar-refractivity contribution in [2.45, 2.75) is 78.1 Å². The van der Waals surface area contributed by atoms with Crippen LogP contribution in [-0.2, 0) is 0 Å². The summed E-state index contributed by atoms with van der Waals surface area (Å²) in [6.07, 6.45) is 4.17. The second kappa shape index (κ2) is 8.67. The Labute approximate surface area is 187 Å². The van der Waals surface area contributed by atoms with Gasteiger partial charge in [-0.05, 0) is 77.4 Å². The minimum Gasteiger partial charge on any atom is -0.250 e. The van der Waals surface area contributed by atoms with Crippen LogP contribution in [0.5, 0.6) is 0 Å². The highest BCUT2D eigenvalue weighted by molar-refractivity contribution is 7.13. The van der Waals surface area contributed by atoms with Gasteiger partial charge in [0.2, 0.25) is 0 Å². The van der Waals surface area contributed by atoms with Gasteiger partial charge in [0.15, 0.2) is 0 Å². The minimum atomic E-state index is 0.402. The third-order valence-electron chi connectivity index (χ3n) is 5.96. The van der Waals surface area contributed by atoms with Gasteiger partial charge in [-0.1, -0.05) is 41.5 Å². The molecular weight excluding hydrogens is 408 g/mol. The zero-order valence-corrected chi connectivity index (χ0v) is 20.3. The van der Waals surface area contributed by atoms with Crippen LogP contribution in [0.4, 0.5) is 0 Å². The van der Waals surface area contributed by atoms with Gasteiger partial charge in [0.25, 0.3) is 0 Å². The van der Waals surface area contributed by atoms with E-state index in [1.54, 1.807) is 11.5 Å². The van der Waals surface area contributed by atoms with Crippen molar-refractivity contribution in [1.82, 2.24) is 18.7 Å². The van der Waals surface area contributed by atoms with Gasteiger partial charge in [-0.3, -0.25) is 0 Å². The van der Waals surface area contributed by atoms with Gasteiger partial charge in [0, 0.05) is 23.2 Å². The van der Waals surface area contributed by atoms with Crippen LogP contribution in [0.15, 0.2) is 24.4 Å². The van der Waals surface area contributed by atoms with Gasteiger partial charge in [-0.15, -0.1) is 0 Å². The largest absolute Gasteiger partial charge is 0.250 e. The second-order valence-corrected chi connectivity index (χ2v) is 10.6. The first-order valence-corrected chi connectivity index (χ1v) is 12.4. The van der Waals surface area contributed by atoms with Crippen molar-refractivity contribution < 1.29 is 0 Å². The highest BCUT2D eigenvalue weighted by atomic mass is 32.1. The van der Waals surface area contributed by atoms with Crippen molar-refractivity contribution in [2.24, 2.45) is 0 Å². The molecule has 30 heavy (non-hydrogen) atoms. The Morgan fingerprint density at radius 1 is 0.833 bits per heavy atom.